The fourth-order valence-corrected chi connectivity index (χ4v) is 1.14. The van der Waals surface area contributed by atoms with E-state index in [0.29, 0.717) is 36.7 Å². The van der Waals surface area contributed by atoms with Crippen LogP contribution in [-0.4, -0.2) is 22.7 Å². The van der Waals surface area contributed by atoms with Crippen molar-refractivity contribution in [3.05, 3.63) is 11.9 Å². The van der Waals surface area contributed by atoms with E-state index < -0.39 is 0 Å². The van der Waals surface area contributed by atoms with Gasteiger partial charge in [0.15, 0.2) is 5.82 Å². The zero-order valence-corrected chi connectivity index (χ0v) is 10.9. The van der Waals surface area contributed by atoms with Gasteiger partial charge in [0.25, 0.3) is 0 Å². The molecule has 2 N–H and O–H groups in total. The lowest BCUT2D eigenvalue weighted by molar-refractivity contribution is 0.125. The minimum absolute atomic E-state index is 0.0873. The molecule has 1 aromatic rings. The van der Waals surface area contributed by atoms with Crippen LogP contribution in [0.25, 0.3) is 0 Å². The number of ether oxygens (including phenoxy) is 2. The van der Waals surface area contributed by atoms with E-state index in [-0.39, 0.29) is 6.10 Å². The van der Waals surface area contributed by atoms with Crippen molar-refractivity contribution in [1.82, 2.24) is 9.97 Å². The summed E-state index contributed by atoms with van der Waals surface area (Å²) in [5.74, 6) is 1.88. The Hall–Kier alpha value is -1.36. The molecule has 0 amide bonds. The Kier molecular flexibility index (Phi) is 5.15. The molecule has 96 valence electrons. The number of nitrogens with zero attached hydrogens (tertiary/aromatic N) is 2. The molecule has 1 rings (SSSR count). The highest BCUT2D eigenvalue weighted by molar-refractivity contribution is 5.32. The van der Waals surface area contributed by atoms with E-state index >= 15 is 0 Å². The van der Waals surface area contributed by atoms with E-state index in [4.69, 9.17) is 15.2 Å². The number of hydrogen-bond donors (Lipinski definition) is 1. The van der Waals surface area contributed by atoms with E-state index in [1.165, 1.54) is 0 Å². The Balaban J connectivity index is 2.74. The largest absolute Gasteiger partial charge is 0.474 e. The summed E-state index contributed by atoms with van der Waals surface area (Å²) < 4.78 is 10.9. The van der Waals surface area contributed by atoms with Gasteiger partial charge >= 0.3 is 0 Å². The van der Waals surface area contributed by atoms with Crippen molar-refractivity contribution in [2.45, 2.75) is 40.4 Å². The Bertz CT molecular complexity index is 356. The maximum Gasteiger partial charge on any atom is 0.219 e. The number of rotatable bonds is 6. The highest BCUT2D eigenvalue weighted by Crippen LogP contribution is 2.16. The molecule has 0 aromatic carbocycles. The molecule has 0 aliphatic heterocycles. The third-order valence-electron chi connectivity index (χ3n) is 2.45. The summed E-state index contributed by atoms with van der Waals surface area (Å²) >= 11 is 0. The maximum absolute atomic E-state index is 5.70. The number of anilines is 1. The molecule has 1 atom stereocenters. The molecule has 0 fully saturated rings. The summed E-state index contributed by atoms with van der Waals surface area (Å²) in [5.41, 5.74) is 5.70. The first kappa shape index (κ1) is 13.7. The number of nitrogen functional groups attached to an aromatic ring is 1. The standard InChI is InChI=1S/C12H21N3O2/c1-5-16-7-11-14-10(13)6-12(15-11)17-9(4)8(2)3/h6,8-9H,5,7H2,1-4H3,(H2,13,14,15). The second-order valence-electron chi connectivity index (χ2n) is 4.25. The zero-order chi connectivity index (χ0) is 12.8. The minimum atomic E-state index is 0.0873. The van der Waals surface area contributed by atoms with Crippen LogP contribution < -0.4 is 10.5 Å². The van der Waals surface area contributed by atoms with Crippen molar-refractivity contribution < 1.29 is 9.47 Å². The second kappa shape index (κ2) is 6.39. The molecule has 17 heavy (non-hydrogen) atoms. The first-order chi connectivity index (χ1) is 8.02. The Morgan fingerprint density at radius 1 is 1.29 bits per heavy atom. The molecular weight excluding hydrogens is 218 g/mol. The lowest BCUT2D eigenvalue weighted by atomic mass is 10.1. The van der Waals surface area contributed by atoms with Crippen LogP contribution in [0.4, 0.5) is 5.82 Å². The van der Waals surface area contributed by atoms with E-state index in [0.717, 1.165) is 0 Å². The quantitative estimate of drug-likeness (QED) is 0.822. The average Bonchev–Trinajstić information content (AvgIpc) is 2.25. The molecule has 5 nitrogen and oxygen atoms in total. The molecule has 0 bridgehead atoms. The molecule has 1 heterocycles. The Morgan fingerprint density at radius 3 is 2.59 bits per heavy atom. The Morgan fingerprint density at radius 2 is 2.00 bits per heavy atom. The van der Waals surface area contributed by atoms with Gasteiger partial charge in [0.2, 0.25) is 5.88 Å². The summed E-state index contributed by atoms with van der Waals surface area (Å²) in [6, 6.07) is 1.63. The number of nitrogens with two attached hydrogens (primary N) is 1. The summed E-state index contributed by atoms with van der Waals surface area (Å²) in [7, 11) is 0. The summed E-state index contributed by atoms with van der Waals surface area (Å²) in [6.45, 7) is 9.09. The summed E-state index contributed by atoms with van der Waals surface area (Å²) in [4.78, 5) is 8.34. The molecule has 0 spiro atoms. The van der Waals surface area contributed by atoms with Crippen LogP contribution in [0.15, 0.2) is 6.07 Å². The average molecular weight is 239 g/mol. The van der Waals surface area contributed by atoms with Gasteiger partial charge in [-0.05, 0) is 19.8 Å². The van der Waals surface area contributed by atoms with Gasteiger partial charge < -0.3 is 15.2 Å². The molecule has 5 heteroatoms. The first-order valence-electron chi connectivity index (χ1n) is 5.90. The fraction of sp³-hybridized carbons (Fsp3) is 0.667. The lowest BCUT2D eigenvalue weighted by Gasteiger charge is -2.17. The van der Waals surface area contributed by atoms with Gasteiger partial charge in [-0.15, -0.1) is 0 Å². The lowest BCUT2D eigenvalue weighted by Crippen LogP contribution is -2.20. The van der Waals surface area contributed by atoms with Crippen LogP contribution in [-0.2, 0) is 11.3 Å². The van der Waals surface area contributed by atoms with Gasteiger partial charge in [-0.25, -0.2) is 4.98 Å². The smallest absolute Gasteiger partial charge is 0.219 e. The predicted molar refractivity (Wildman–Crippen MR) is 66.7 cm³/mol. The van der Waals surface area contributed by atoms with Gasteiger partial charge in [0.1, 0.15) is 12.4 Å². The van der Waals surface area contributed by atoms with Crippen LogP contribution in [0.5, 0.6) is 5.88 Å². The molecule has 0 saturated heterocycles. The molecule has 0 radical (unpaired) electrons. The number of aromatic nitrogens is 2. The summed E-state index contributed by atoms with van der Waals surface area (Å²) in [6.07, 6.45) is 0.0873. The van der Waals surface area contributed by atoms with Crippen molar-refractivity contribution >= 4 is 5.82 Å². The van der Waals surface area contributed by atoms with Gasteiger partial charge in [0.05, 0.1) is 6.10 Å². The third-order valence-corrected chi connectivity index (χ3v) is 2.45. The third kappa shape index (κ3) is 4.56. The highest BCUT2D eigenvalue weighted by Gasteiger charge is 2.11. The highest BCUT2D eigenvalue weighted by atomic mass is 16.5. The molecule has 1 unspecified atom stereocenters. The van der Waals surface area contributed by atoms with E-state index in [9.17, 15) is 0 Å². The van der Waals surface area contributed by atoms with E-state index in [1.54, 1.807) is 6.07 Å². The number of hydrogen-bond acceptors (Lipinski definition) is 5. The Labute approximate surface area is 102 Å². The predicted octanol–water partition coefficient (Wildman–Crippen LogP) is 2.02. The molecular formula is C12H21N3O2. The van der Waals surface area contributed by atoms with Crippen LogP contribution in [0.3, 0.4) is 0 Å². The van der Waals surface area contributed by atoms with Crippen molar-refractivity contribution in [3.8, 4) is 5.88 Å². The van der Waals surface area contributed by atoms with Gasteiger partial charge in [-0.2, -0.15) is 4.98 Å². The summed E-state index contributed by atoms with van der Waals surface area (Å²) in [5, 5.41) is 0. The fourth-order valence-electron chi connectivity index (χ4n) is 1.14. The molecule has 0 aliphatic carbocycles. The van der Waals surface area contributed by atoms with Crippen molar-refractivity contribution in [2.24, 2.45) is 5.92 Å². The maximum atomic E-state index is 5.70. The van der Waals surface area contributed by atoms with E-state index in [1.807, 2.05) is 13.8 Å². The van der Waals surface area contributed by atoms with Crippen molar-refractivity contribution in [1.29, 1.82) is 0 Å². The first-order valence-corrected chi connectivity index (χ1v) is 5.90. The molecule has 0 aliphatic rings. The van der Waals surface area contributed by atoms with Crippen LogP contribution in [0, 0.1) is 5.92 Å². The van der Waals surface area contributed by atoms with Crippen LogP contribution in [0.2, 0.25) is 0 Å². The zero-order valence-electron chi connectivity index (χ0n) is 10.9. The van der Waals surface area contributed by atoms with Gasteiger partial charge in [-0.3, -0.25) is 0 Å². The van der Waals surface area contributed by atoms with Crippen molar-refractivity contribution in [2.75, 3.05) is 12.3 Å². The van der Waals surface area contributed by atoms with E-state index in [2.05, 4.69) is 23.8 Å². The van der Waals surface area contributed by atoms with Gasteiger partial charge in [0, 0.05) is 12.7 Å². The molecule has 0 saturated carbocycles. The minimum Gasteiger partial charge on any atom is -0.474 e. The second-order valence-corrected chi connectivity index (χ2v) is 4.25. The van der Waals surface area contributed by atoms with Crippen LogP contribution in [0.1, 0.15) is 33.5 Å². The van der Waals surface area contributed by atoms with Gasteiger partial charge in [-0.1, -0.05) is 13.8 Å². The topological polar surface area (TPSA) is 70.3 Å². The molecule has 1 aromatic heterocycles. The monoisotopic (exact) mass is 239 g/mol. The van der Waals surface area contributed by atoms with Crippen LogP contribution >= 0.6 is 0 Å². The SMILES string of the molecule is CCOCc1nc(N)cc(OC(C)C(C)C)n1. The van der Waals surface area contributed by atoms with Crippen molar-refractivity contribution in [3.63, 3.8) is 0 Å². The normalized spacial score (nSPS) is 12.8.